The molecule has 1 aromatic heterocycles. The molecule has 0 fully saturated rings. The van der Waals surface area contributed by atoms with Crippen LogP contribution in [0.5, 0.6) is 0 Å². The van der Waals surface area contributed by atoms with E-state index >= 15 is 0 Å². The van der Waals surface area contributed by atoms with Crippen molar-refractivity contribution in [2.75, 3.05) is 13.1 Å². The van der Waals surface area contributed by atoms with Crippen LogP contribution in [0.2, 0.25) is 0 Å². The highest BCUT2D eigenvalue weighted by Crippen LogP contribution is 2.08. The van der Waals surface area contributed by atoms with Crippen LogP contribution in [0, 0.1) is 0 Å². The summed E-state index contributed by atoms with van der Waals surface area (Å²) in [4.78, 5) is 3.94. The van der Waals surface area contributed by atoms with Gasteiger partial charge in [0, 0.05) is 19.5 Å². The minimum Gasteiger partial charge on any atom is -0.497 e. The zero-order valence-electron chi connectivity index (χ0n) is 8.56. The molecule has 5 nitrogen and oxygen atoms in total. The molecule has 1 unspecified atom stereocenters. The zero-order chi connectivity index (χ0) is 10.3. The van der Waals surface area contributed by atoms with Crippen molar-refractivity contribution in [2.45, 2.75) is 25.4 Å². The van der Waals surface area contributed by atoms with Crippen molar-refractivity contribution in [1.29, 1.82) is 0 Å². The van der Waals surface area contributed by atoms with Crippen molar-refractivity contribution in [3.63, 3.8) is 0 Å². The lowest BCUT2D eigenvalue weighted by molar-refractivity contribution is 0.122. The fourth-order valence-corrected chi connectivity index (χ4v) is 1.50. The van der Waals surface area contributed by atoms with Gasteiger partial charge in [-0.05, 0) is 18.9 Å². The molecule has 1 aliphatic rings. The van der Waals surface area contributed by atoms with E-state index in [1.165, 1.54) is 6.33 Å². The second kappa shape index (κ2) is 5.50. The molecule has 0 amide bonds. The summed E-state index contributed by atoms with van der Waals surface area (Å²) in [6.45, 7) is 1.71. The lowest BCUT2D eigenvalue weighted by atomic mass is 10.1. The SMILES string of the molecule is C1=COC(CNCCc2ncno2)CC1. The highest BCUT2D eigenvalue weighted by Gasteiger charge is 2.09. The van der Waals surface area contributed by atoms with Gasteiger partial charge in [0.05, 0.1) is 6.26 Å². The van der Waals surface area contributed by atoms with Crippen molar-refractivity contribution in [3.05, 3.63) is 24.6 Å². The van der Waals surface area contributed by atoms with Gasteiger partial charge in [-0.2, -0.15) is 4.98 Å². The Morgan fingerprint density at radius 3 is 3.27 bits per heavy atom. The van der Waals surface area contributed by atoms with E-state index in [2.05, 4.69) is 21.5 Å². The predicted molar refractivity (Wildman–Crippen MR) is 54.1 cm³/mol. The summed E-state index contributed by atoms with van der Waals surface area (Å²) in [6, 6.07) is 0. The van der Waals surface area contributed by atoms with Crippen LogP contribution in [-0.4, -0.2) is 29.3 Å². The number of allylic oxidation sites excluding steroid dienone is 1. The van der Waals surface area contributed by atoms with Crippen LogP contribution in [0.4, 0.5) is 0 Å². The molecule has 5 heteroatoms. The maximum Gasteiger partial charge on any atom is 0.227 e. The Morgan fingerprint density at radius 2 is 2.53 bits per heavy atom. The third-order valence-corrected chi connectivity index (χ3v) is 2.32. The monoisotopic (exact) mass is 209 g/mol. The van der Waals surface area contributed by atoms with Crippen molar-refractivity contribution in [3.8, 4) is 0 Å². The first-order chi connectivity index (χ1) is 7.45. The minimum atomic E-state index is 0.303. The van der Waals surface area contributed by atoms with Gasteiger partial charge >= 0.3 is 0 Å². The molecule has 0 radical (unpaired) electrons. The molecule has 1 N–H and O–H groups in total. The van der Waals surface area contributed by atoms with Gasteiger partial charge in [-0.15, -0.1) is 0 Å². The second-order valence-electron chi connectivity index (χ2n) is 3.50. The molecular weight excluding hydrogens is 194 g/mol. The molecule has 0 bridgehead atoms. The number of ether oxygens (including phenoxy) is 1. The van der Waals surface area contributed by atoms with E-state index < -0.39 is 0 Å². The lowest BCUT2D eigenvalue weighted by Crippen LogP contribution is -2.30. The first-order valence-electron chi connectivity index (χ1n) is 5.22. The van der Waals surface area contributed by atoms with Gasteiger partial charge in [-0.3, -0.25) is 0 Å². The van der Waals surface area contributed by atoms with Crippen LogP contribution in [0.3, 0.4) is 0 Å². The molecule has 82 valence electrons. The predicted octanol–water partition coefficient (Wildman–Crippen LogP) is 0.894. The Hall–Kier alpha value is -1.36. The first-order valence-corrected chi connectivity index (χ1v) is 5.22. The summed E-state index contributed by atoms with van der Waals surface area (Å²) in [5.41, 5.74) is 0. The molecule has 15 heavy (non-hydrogen) atoms. The molecule has 0 aliphatic carbocycles. The number of nitrogens with one attached hydrogen (secondary N) is 1. The third kappa shape index (κ3) is 3.36. The number of nitrogens with zero attached hydrogens (tertiary/aromatic N) is 2. The molecule has 0 saturated heterocycles. The Kier molecular flexibility index (Phi) is 3.73. The highest BCUT2D eigenvalue weighted by molar-refractivity contribution is 4.83. The third-order valence-electron chi connectivity index (χ3n) is 2.32. The topological polar surface area (TPSA) is 60.2 Å². The zero-order valence-corrected chi connectivity index (χ0v) is 8.56. The smallest absolute Gasteiger partial charge is 0.227 e. The fraction of sp³-hybridized carbons (Fsp3) is 0.600. The largest absolute Gasteiger partial charge is 0.497 e. The summed E-state index contributed by atoms with van der Waals surface area (Å²) in [5.74, 6) is 0.673. The summed E-state index contributed by atoms with van der Waals surface area (Å²) < 4.78 is 10.3. The molecular formula is C10H15N3O2. The molecule has 2 rings (SSSR count). The van der Waals surface area contributed by atoms with Crippen LogP contribution < -0.4 is 5.32 Å². The average Bonchev–Trinajstić information content (AvgIpc) is 2.79. The molecule has 1 atom stereocenters. The molecule has 0 aromatic carbocycles. The van der Waals surface area contributed by atoms with E-state index in [9.17, 15) is 0 Å². The minimum absolute atomic E-state index is 0.303. The number of rotatable bonds is 5. The standard InChI is InChI=1S/C10H15N3O2/c1-2-6-14-9(3-1)7-11-5-4-10-12-8-13-15-10/h2,6,8-9,11H,1,3-5,7H2. The van der Waals surface area contributed by atoms with E-state index in [-0.39, 0.29) is 0 Å². The molecule has 0 saturated carbocycles. The van der Waals surface area contributed by atoms with Crippen molar-refractivity contribution in [2.24, 2.45) is 0 Å². The van der Waals surface area contributed by atoms with E-state index in [1.54, 1.807) is 6.26 Å². The first kappa shape index (κ1) is 10.2. The average molecular weight is 209 g/mol. The maximum absolute atomic E-state index is 5.42. The van der Waals surface area contributed by atoms with Crippen LogP contribution in [0.15, 0.2) is 23.2 Å². The summed E-state index contributed by atoms with van der Waals surface area (Å²) >= 11 is 0. The molecule has 2 heterocycles. The Balaban J connectivity index is 1.57. The van der Waals surface area contributed by atoms with Crippen LogP contribution >= 0.6 is 0 Å². The fourth-order valence-electron chi connectivity index (χ4n) is 1.50. The van der Waals surface area contributed by atoms with Crippen LogP contribution in [-0.2, 0) is 11.2 Å². The Morgan fingerprint density at radius 1 is 1.53 bits per heavy atom. The van der Waals surface area contributed by atoms with Gasteiger partial charge in [-0.1, -0.05) is 5.16 Å². The van der Waals surface area contributed by atoms with Crippen molar-refractivity contribution >= 4 is 0 Å². The lowest BCUT2D eigenvalue weighted by Gasteiger charge is -2.19. The quantitative estimate of drug-likeness (QED) is 0.730. The van der Waals surface area contributed by atoms with Crippen molar-refractivity contribution < 1.29 is 9.26 Å². The number of aromatic nitrogens is 2. The van der Waals surface area contributed by atoms with E-state index in [1.807, 2.05) is 0 Å². The summed E-state index contributed by atoms with van der Waals surface area (Å²) in [6.07, 6.45) is 8.52. The number of hydrogen-bond donors (Lipinski definition) is 1. The second-order valence-corrected chi connectivity index (χ2v) is 3.50. The van der Waals surface area contributed by atoms with Crippen molar-refractivity contribution in [1.82, 2.24) is 15.5 Å². The van der Waals surface area contributed by atoms with Crippen LogP contribution in [0.1, 0.15) is 18.7 Å². The van der Waals surface area contributed by atoms with Gasteiger partial charge in [-0.25, -0.2) is 0 Å². The van der Waals surface area contributed by atoms with E-state index in [0.717, 1.165) is 32.4 Å². The molecule has 1 aromatic rings. The summed E-state index contributed by atoms with van der Waals surface area (Å²) in [7, 11) is 0. The maximum atomic E-state index is 5.42. The Labute approximate surface area is 88.5 Å². The highest BCUT2D eigenvalue weighted by atomic mass is 16.5. The van der Waals surface area contributed by atoms with Gasteiger partial charge in [0.2, 0.25) is 5.89 Å². The molecule has 0 spiro atoms. The summed E-state index contributed by atoms with van der Waals surface area (Å²) in [5, 5.41) is 6.85. The van der Waals surface area contributed by atoms with Crippen LogP contribution in [0.25, 0.3) is 0 Å². The van der Waals surface area contributed by atoms with E-state index in [0.29, 0.717) is 12.0 Å². The van der Waals surface area contributed by atoms with Gasteiger partial charge in [0.1, 0.15) is 6.10 Å². The normalized spacial score (nSPS) is 20.1. The Bertz CT molecular complexity index is 298. The van der Waals surface area contributed by atoms with Gasteiger partial charge in [0.15, 0.2) is 6.33 Å². The van der Waals surface area contributed by atoms with E-state index in [4.69, 9.17) is 9.26 Å². The molecule has 1 aliphatic heterocycles. The number of hydrogen-bond acceptors (Lipinski definition) is 5. The van der Waals surface area contributed by atoms with Gasteiger partial charge in [0.25, 0.3) is 0 Å². The van der Waals surface area contributed by atoms with Gasteiger partial charge < -0.3 is 14.6 Å².